The van der Waals surface area contributed by atoms with E-state index in [1.54, 1.807) is 0 Å². The summed E-state index contributed by atoms with van der Waals surface area (Å²) in [7, 11) is 0. The van der Waals surface area contributed by atoms with Crippen LogP contribution in [-0.2, 0) is 0 Å². The molecular weight excluding hydrogens is 328 g/mol. The molecule has 1 atom stereocenters. The molecule has 27 heavy (non-hydrogen) atoms. The maximum absolute atomic E-state index is 4.93. The molecule has 0 aliphatic carbocycles. The van der Waals surface area contributed by atoms with Crippen LogP contribution < -0.4 is 5.32 Å². The Bertz CT molecular complexity index is 384. The van der Waals surface area contributed by atoms with Crippen LogP contribution in [0, 0.1) is 5.92 Å². The van der Waals surface area contributed by atoms with Crippen LogP contribution in [0.2, 0.25) is 0 Å². The summed E-state index contributed by atoms with van der Waals surface area (Å²) >= 11 is 0. The van der Waals surface area contributed by atoms with E-state index in [-0.39, 0.29) is 5.54 Å². The van der Waals surface area contributed by atoms with Gasteiger partial charge in [0.05, 0.1) is 17.4 Å². The van der Waals surface area contributed by atoms with Crippen molar-refractivity contribution in [1.82, 2.24) is 5.32 Å². The summed E-state index contributed by atoms with van der Waals surface area (Å²) in [5.41, 5.74) is 0.0685. The molecule has 1 unspecified atom stereocenters. The SMILES string of the molecule is CCCCCCCCCCCCCCCCCC1=NC(C)(C)C(C(C)C)N1. The van der Waals surface area contributed by atoms with Gasteiger partial charge in [-0.3, -0.25) is 4.99 Å². The van der Waals surface area contributed by atoms with Crippen LogP contribution in [0.25, 0.3) is 0 Å². The highest BCUT2D eigenvalue weighted by Gasteiger charge is 2.36. The van der Waals surface area contributed by atoms with Crippen LogP contribution in [-0.4, -0.2) is 17.4 Å². The van der Waals surface area contributed by atoms with E-state index < -0.39 is 0 Å². The van der Waals surface area contributed by atoms with Gasteiger partial charge < -0.3 is 5.32 Å². The Morgan fingerprint density at radius 3 is 1.52 bits per heavy atom. The second-order valence-corrected chi connectivity index (χ2v) is 9.78. The Balaban J connectivity index is 1.86. The molecule has 1 aliphatic rings. The predicted octanol–water partition coefficient (Wildman–Crippen LogP) is 8.05. The fourth-order valence-corrected chi connectivity index (χ4v) is 4.58. The average Bonchev–Trinajstić information content (AvgIpc) is 2.93. The minimum Gasteiger partial charge on any atom is -0.368 e. The van der Waals surface area contributed by atoms with Crippen molar-refractivity contribution >= 4 is 5.84 Å². The van der Waals surface area contributed by atoms with E-state index >= 15 is 0 Å². The second-order valence-electron chi connectivity index (χ2n) is 9.78. The lowest BCUT2D eigenvalue weighted by molar-refractivity contribution is 0.332. The Hall–Kier alpha value is -0.530. The lowest BCUT2D eigenvalue weighted by Crippen LogP contribution is -2.44. The molecule has 0 spiro atoms. The van der Waals surface area contributed by atoms with Gasteiger partial charge in [0.15, 0.2) is 0 Å². The summed E-state index contributed by atoms with van der Waals surface area (Å²) in [6.45, 7) is 11.4. The summed E-state index contributed by atoms with van der Waals surface area (Å²) in [4.78, 5) is 4.93. The molecule has 1 rings (SSSR count). The highest BCUT2D eigenvalue weighted by Crippen LogP contribution is 2.27. The maximum Gasteiger partial charge on any atom is 0.0973 e. The molecule has 0 bridgehead atoms. The molecule has 0 fully saturated rings. The number of amidine groups is 1. The van der Waals surface area contributed by atoms with Crippen molar-refractivity contribution in [3.8, 4) is 0 Å². The highest BCUT2D eigenvalue weighted by molar-refractivity contribution is 5.85. The summed E-state index contributed by atoms with van der Waals surface area (Å²) < 4.78 is 0. The fourth-order valence-electron chi connectivity index (χ4n) is 4.58. The minimum absolute atomic E-state index is 0.0685. The van der Waals surface area contributed by atoms with Gasteiger partial charge in [-0.05, 0) is 26.2 Å². The van der Waals surface area contributed by atoms with Crippen LogP contribution in [0.4, 0.5) is 0 Å². The minimum atomic E-state index is 0.0685. The van der Waals surface area contributed by atoms with Gasteiger partial charge in [0.1, 0.15) is 0 Å². The number of hydrogen-bond acceptors (Lipinski definition) is 2. The van der Waals surface area contributed by atoms with Gasteiger partial charge in [0.2, 0.25) is 0 Å². The molecule has 1 N–H and O–H groups in total. The van der Waals surface area contributed by atoms with Gasteiger partial charge in [-0.1, -0.05) is 111 Å². The quantitative estimate of drug-likeness (QED) is 0.254. The van der Waals surface area contributed by atoms with Crippen molar-refractivity contribution in [2.24, 2.45) is 10.9 Å². The number of hydrogen-bond donors (Lipinski definition) is 1. The van der Waals surface area contributed by atoms with E-state index in [1.165, 1.54) is 102 Å². The van der Waals surface area contributed by atoms with Gasteiger partial charge >= 0.3 is 0 Å². The zero-order chi connectivity index (χ0) is 20.0. The molecule has 0 saturated heterocycles. The van der Waals surface area contributed by atoms with E-state index in [0.717, 1.165) is 6.42 Å². The molecule has 0 saturated carbocycles. The molecule has 2 nitrogen and oxygen atoms in total. The van der Waals surface area contributed by atoms with Crippen LogP contribution in [0.5, 0.6) is 0 Å². The number of nitrogens with one attached hydrogen (secondary N) is 1. The van der Waals surface area contributed by atoms with Crippen molar-refractivity contribution < 1.29 is 0 Å². The molecule has 0 aromatic rings. The predicted molar refractivity (Wildman–Crippen MR) is 123 cm³/mol. The molecule has 2 heteroatoms. The summed E-state index contributed by atoms with van der Waals surface area (Å²) in [6.07, 6.45) is 22.6. The van der Waals surface area contributed by atoms with Crippen LogP contribution in [0.3, 0.4) is 0 Å². The monoisotopic (exact) mass is 378 g/mol. The molecule has 0 aromatic heterocycles. The number of aliphatic imine (C=N–C) groups is 1. The van der Waals surface area contributed by atoms with E-state index in [9.17, 15) is 0 Å². The zero-order valence-corrected chi connectivity index (χ0v) is 19.4. The summed E-state index contributed by atoms with van der Waals surface area (Å²) in [5, 5.41) is 3.68. The van der Waals surface area contributed by atoms with Gasteiger partial charge in [-0.25, -0.2) is 0 Å². The Morgan fingerprint density at radius 2 is 1.15 bits per heavy atom. The smallest absolute Gasteiger partial charge is 0.0973 e. The average molecular weight is 379 g/mol. The topological polar surface area (TPSA) is 24.4 Å². The van der Waals surface area contributed by atoms with Gasteiger partial charge in [-0.2, -0.15) is 0 Å². The molecule has 0 radical (unpaired) electrons. The van der Waals surface area contributed by atoms with Crippen molar-refractivity contribution in [3.05, 3.63) is 0 Å². The highest BCUT2D eigenvalue weighted by atomic mass is 15.2. The van der Waals surface area contributed by atoms with Crippen molar-refractivity contribution in [2.75, 3.05) is 0 Å². The van der Waals surface area contributed by atoms with E-state index in [1.807, 2.05) is 0 Å². The molecule has 1 heterocycles. The molecule has 0 aromatic carbocycles. The van der Waals surface area contributed by atoms with Gasteiger partial charge in [0.25, 0.3) is 0 Å². The molecular formula is C25H50N2. The van der Waals surface area contributed by atoms with Gasteiger partial charge in [-0.15, -0.1) is 0 Å². The number of nitrogens with zero attached hydrogens (tertiary/aromatic N) is 1. The number of unbranched alkanes of at least 4 members (excludes halogenated alkanes) is 14. The van der Waals surface area contributed by atoms with E-state index in [0.29, 0.717) is 12.0 Å². The molecule has 0 amide bonds. The van der Waals surface area contributed by atoms with Crippen molar-refractivity contribution in [3.63, 3.8) is 0 Å². The largest absolute Gasteiger partial charge is 0.368 e. The van der Waals surface area contributed by atoms with Crippen LogP contribution >= 0.6 is 0 Å². The Kier molecular flexibility index (Phi) is 13.1. The first kappa shape index (κ1) is 24.5. The Labute approximate surface area is 171 Å². The first-order chi connectivity index (χ1) is 13.0. The van der Waals surface area contributed by atoms with Crippen LogP contribution in [0.1, 0.15) is 137 Å². The first-order valence-electron chi connectivity index (χ1n) is 12.3. The standard InChI is InChI=1S/C25H50N2/c1-6-7-8-9-10-11-12-13-14-15-16-17-18-19-20-21-23-26-24(22(2)3)25(4,5)27-23/h22,24H,6-21H2,1-5H3,(H,26,27). The third-order valence-electron chi connectivity index (χ3n) is 6.19. The van der Waals surface area contributed by atoms with Crippen molar-refractivity contribution in [1.29, 1.82) is 0 Å². The summed E-state index contributed by atoms with van der Waals surface area (Å²) in [5.74, 6) is 1.90. The first-order valence-corrected chi connectivity index (χ1v) is 12.3. The molecule has 1 aliphatic heterocycles. The second kappa shape index (κ2) is 14.5. The summed E-state index contributed by atoms with van der Waals surface area (Å²) in [6, 6.07) is 0.504. The van der Waals surface area contributed by atoms with E-state index in [2.05, 4.69) is 39.9 Å². The maximum atomic E-state index is 4.93. The normalized spacial score (nSPS) is 18.7. The van der Waals surface area contributed by atoms with Crippen LogP contribution in [0.15, 0.2) is 4.99 Å². The third-order valence-corrected chi connectivity index (χ3v) is 6.19. The zero-order valence-electron chi connectivity index (χ0n) is 19.4. The third kappa shape index (κ3) is 11.2. The Morgan fingerprint density at radius 1 is 0.741 bits per heavy atom. The van der Waals surface area contributed by atoms with Crippen molar-refractivity contribution in [2.45, 2.75) is 149 Å². The van der Waals surface area contributed by atoms with E-state index in [4.69, 9.17) is 4.99 Å². The lowest BCUT2D eigenvalue weighted by Gasteiger charge is -2.28. The lowest BCUT2D eigenvalue weighted by atomic mass is 9.88. The number of rotatable bonds is 17. The fraction of sp³-hybridized carbons (Fsp3) is 0.960. The van der Waals surface area contributed by atoms with Gasteiger partial charge in [0, 0.05) is 6.42 Å². The molecule has 160 valence electrons.